The minimum Gasteiger partial charge on any atom is -0.379 e. The van der Waals surface area contributed by atoms with Crippen molar-refractivity contribution in [1.29, 1.82) is 0 Å². The van der Waals surface area contributed by atoms with Gasteiger partial charge in [-0.15, -0.1) is 0 Å². The number of hydrogen-bond acceptors (Lipinski definition) is 5. The molecule has 0 radical (unpaired) electrons. The van der Waals surface area contributed by atoms with E-state index >= 15 is 0 Å². The summed E-state index contributed by atoms with van der Waals surface area (Å²) in [7, 11) is 0. The van der Waals surface area contributed by atoms with Crippen LogP contribution in [0.5, 0.6) is 0 Å². The molecule has 5 heteroatoms. The number of unbranched alkanes of at least 4 members (excludes halogenated alkanes) is 12. The zero-order valence-electron chi connectivity index (χ0n) is 20.3. The Kier molecular flexibility index (Phi) is 28.6. The molecule has 0 heterocycles. The second-order valence-electron chi connectivity index (χ2n) is 7.89. The lowest BCUT2D eigenvalue weighted by molar-refractivity contribution is -0.0104. The van der Waals surface area contributed by atoms with Crippen molar-refractivity contribution >= 4 is 0 Å². The van der Waals surface area contributed by atoms with Crippen molar-refractivity contribution < 1.29 is 23.7 Å². The third-order valence-corrected chi connectivity index (χ3v) is 5.08. The van der Waals surface area contributed by atoms with Crippen LogP contribution in [0.15, 0.2) is 0 Å². The Hall–Kier alpha value is -0.200. The third kappa shape index (κ3) is 27.8. The van der Waals surface area contributed by atoms with Crippen LogP contribution in [0.25, 0.3) is 0 Å². The fourth-order valence-electron chi connectivity index (χ4n) is 3.25. The van der Waals surface area contributed by atoms with Crippen molar-refractivity contribution in [1.82, 2.24) is 0 Å². The highest BCUT2D eigenvalue weighted by atomic mass is 16.6. The van der Waals surface area contributed by atoms with E-state index in [-0.39, 0.29) is 0 Å². The van der Waals surface area contributed by atoms with Crippen LogP contribution in [0.2, 0.25) is 0 Å². The molecule has 0 aliphatic rings. The summed E-state index contributed by atoms with van der Waals surface area (Å²) in [4.78, 5) is 0. The molecule has 0 N–H and O–H groups in total. The zero-order chi connectivity index (χ0) is 21.8. The summed E-state index contributed by atoms with van der Waals surface area (Å²) in [6.45, 7) is 10.9. The summed E-state index contributed by atoms with van der Waals surface area (Å²) in [5.41, 5.74) is 0. The number of rotatable bonds is 27. The van der Waals surface area contributed by atoms with Gasteiger partial charge in [0.15, 0.2) is 0 Å². The molecule has 0 spiro atoms. The van der Waals surface area contributed by atoms with Crippen molar-refractivity contribution in [3.63, 3.8) is 0 Å². The van der Waals surface area contributed by atoms with Crippen LogP contribution in [0.1, 0.15) is 97.3 Å². The van der Waals surface area contributed by atoms with Gasteiger partial charge >= 0.3 is 0 Å². The maximum Gasteiger partial charge on any atom is 0.0701 e. The lowest BCUT2D eigenvalue weighted by Gasteiger charge is -2.07. The first-order chi connectivity index (χ1) is 14.9. The molecule has 0 aliphatic carbocycles. The van der Waals surface area contributed by atoms with E-state index in [9.17, 15) is 0 Å². The van der Waals surface area contributed by atoms with Gasteiger partial charge in [0.25, 0.3) is 0 Å². The van der Waals surface area contributed by atoms with Gasteiger partial charge < -0.3 is 23.7 Å². The molecule has 0 aromatic carbocycles. The van der Waals surface area contributed by atoms with E-state index in [0.717, 1.165) is 13.2 Å². The van der Waals surface area contributed by atoms with Crippen LogP contribution >= 0.6 is 0 Å². The van der Waals surface area contributed by atoms with E-state index in [2.05, 4.69) is 6.92 Å². The normalized spacial score (nSPS) is 11.4. The van der Waals surface area contributed by atoms with Crippen molar-refractivity contribution in [2.45, 2.75) is 97.3 Å². The Labute approximate surface area is 187 Å². The molecule has 0 amide bonds. The van der Waals surface area contributed by atoms with Crippen molar-refractivity contribution in [2.75, 3.05) is 66.1 Å². The molecule has 5 nitrogen and oxygen atoms in total. The molecule has 182 valence electrons. The zero-order valence-corrected chi connectivity index (χ0v) is 20.3. The predicted molar refractivity (Wildman–Crippen MR) is 125 cm³/mol. The van der Waals surface area contributed by atoms with Crippen LogP contribution in [0, 0.1) is 0 Å². The summed E-state index contributed by atoms with van der Waals surface area (Å²) in [6.07, 6.45) is 18.0. The van der Waals surface area contributed by atoms with Crippen molar-refractivity contribution in [3.8, 4) is 0 Å². The summed E-state index contributed by atoms with van der Waals surface area (Å²) in [5.74, 6) is 0. The van der Waals surface area contributed by atoms with E-state index in [1.807, 2.05) is 6.92 Å². The van der Waals surface area contributed by atoms with Gasteiger partial charge in [0.05, 0.1) is 52.9 Å². The first-order valence-electron chi connectivity index (χ1n) is 12.8. The minimum absolute atomic E-state index is 0.602. The largest absolute Gasteiger partial charge is 0.379 e. The Balaban J connectivity index is 2.97. The Morgan fingerprint density at radius 3 is 0.967 bits per heavy atom. The van der Waals surface area contributed by atoms with Gasteiger partial charge in [0.1, 0.15) is 0 Å². The molecule has 0 atom stereocenters. The Morgan fingerprint density at radius 1 is 0.300 bits per heavy atom. The lowest BCUT2D eigenvalue weighted by Crippen LogP contribution is -2.13. The fraction of sp³-hybridized carbons (Fsp3) is 1.00. The van der Waals surface area contributed by atoms with Gasteiger partial charge in [-0.25, -0.2) is 0 Å². The summed E-state index contributed by atoms with van der Waals surface area (Å²) in [5, 5.41) is 0. The number of ether oxygens (including phenoxy) is 5. The highest BCUT2D eigenvalue weighted by Gasteiger charge is 1.95. The standard InChI is InChI=1S/C25H52O5/c1-3-5-6-7-8-9-10-11-12-13-14-15-16-17-27-20-21-29-24-25-30-23-22-28-19-18-26-4-2/h3-25H2,1-2H3. The lowest BCUT2D eigenvalue weighted by atomic mass is 10.0. The first kappa shape index (κ1) is 29.8. The average molecular weight is 433 g/mol. The molecule has 0 aromatic heterocycles. The molecule has 0 aliphatic heterocycles. The maximum atomic E-state index is 5.63. The smallest absolute Gasteiger partial charge is 0.0701 e. The third-order valence-electron chi connectivity index (χ3n) is 5.08. The SMILES string of the molecule is CCCCCCCCCCCCCCCOCCOCCOCCOCCOCC. The van der Waals surface area contributed by atoms with Crippen LogP contribution < -0.4 is 0 Å². The summed E-state index contributed by atoms with van der Waals surface area (Å²) >= 11 is 0. The first-order valence-corrected chi connectivity index (χ1v) is 12.8. The van der Waals surface area contributed by atoms with E-state index in [1.165, 1.54) is 83.5 Å². The molecule has 0 fully saturated rings. The topological polar surface area (TPSA) is 46.2 Å². The quantitative estimate of drug-likeness (QED) is 0.145. The van der Waals surface area contributed by atoms with Gasteiger partial charge in [-0.3, -0.25) is 0 Å². The van der Waals surface area contributed by atoms with Gasteiger partial charge in [0, 0.05) is 13.2 Å². The van der Waals surface area contributed by atoms with Crippen molar-refractivity contribution in [3.05, 3.63) is 0 Å². The predicted octanol–water partition coefficient (Wildman–Crippen LogP) is 6.18. The number of hydrogen-bond donors (Lipinski definition) is 0. The summed E-state index contributed by atoms with van der Waals surface area (Å²) < 4.78 is 27.1. The maximum absolute atomic E-state index is 5.63. The van der Waals surface area contributed by atoms with E-state index in [1.54, 1.807) is 0 Å². The van der Waals surface area contributed by atoms with E-state index in [0.29, 0.717) is 52.9 Å². The van der Waals surface area contributed by atoms with Gasteiger partial charge in [-0.1, -0.05) is 84.0 Å². The van der Waals surface area contributed by atoms with E-state index in [4.69, 9.17) is 23.7 Å². The molecule has 30 heavy (non-hydrogen) atoms. The van der Waals surface area contributed by atoms with Crippen LogP contribution in [-0.4, -0.2) is 66.1 Å². The second kappa shape index (κ2) is 28.8. The molecular formula is C25H52O5. The van der Waals surface area contributed by atoms with Gasteiger partial charge in [-0.2, -0.15) is 0 Å². The minimum atomic E-state index is 0.602. The molecule has 0 unspecified atom stereocenters. The molecule has 0 saturated heterocycles. The highest BCUT2D eigenvalue weighted by Crippen LogP contribution is 2.12. The van der Waals surface area contributed by atoms with Gasteiger partial charge in [0.2, 0.25) is 0 Å². The van der Waals surface area contributed by atoms with Gasteiger partial charge in [-0.05, 0) is 13.3 Å². The molecule has 0 rings (SSSR count). The fourth-order valence-corrected chi connectivity index (χ4v) is 3.25. The van der Waals surface area contributed by atoms with Crippen LogP contribution in [0.4, 0.5) is 0 Å². The second-order valence-corrected chi connectivity index (χ2v) is 7.89. The highest BCUT2D eigenvalue weighted by molar-refractivity contribution is 4.49. The van der Waals surface area contributed by atoms with Crippen LogP contribution in [-0.2, 0) is 23.7 Å². The molecular weight excluding hydrogens is 380 g/mol. The van der Waals surface area contributed by atoms with E-state index < -0.39 is 0 Å². The average Bonchev–Trinajstić information content (AvgIpc) is 2.76. The molecule has 0 bridgehead atoms. The Bertz CT molecular complexity index is 261. The van der Waals surface area contributed by atoms with Crippen molar-refractivity contribution in [2.24, 2.45) is 0 Å². The van der Waals surface area contributed by atoms with Crippen LogP contribution in [0.3, 0.4) is 0 Å². The monoisotopic (exact) mass is 432 g/mol. The molecule has 0 aromatic rings. The Morgan fingerprint density at radius 2 is 0.600 bits per heavy atom. The molecule has 0 saturated carbocycles. The summed E-state index contributed by atoms with van der Waals surface area (Å²) in [6, 6.07) is 0.